The standard InChI is InChI=1S/C18H14BrN3O/c19-14-8-3-1-6-12(14)17(23)13-7-2-4-10-16(13)22-18-15(20)9-5-11-21-18/h1-11H,20H2,(H,21,22). The number of carbonyl (C=O) groups is 1. The molecule has 3 rings (SSSR count). The molecular weight excluding hydrogens is 354 g/mol. The summed E-state index contributed by atoms with van der Waals surface area (Å²) in [5, 5.41) is 3.14. The Hall–Kier alpha value is -2.66. The van der Waals surface area contributed by atoms with E-state index in [1.54, 1.807) is 30.5 Å². The van der Waals surface area contributed by atoms with Crippen LogP contribution in [-0.4, -0.2) is 10.8 Å². The molecule has 0 amide bonds. The van der Waals surface area contributed by atoms with E-state index in [2.05, 4.69) is 26.2 Å². The van der Waals surface area contributed by atoms with Crippen molar-refractivity contribution in [3.8, 4) is 0 Å². The van der Waals surface area contributed by atoms with Gasteiger partial charge in [0.05, 0.1) is 11.4 Å². The molecule has 0 bridgehead atoms. The maximum absolute atomic E-state index is 12.8. The number of hydrogen-bond donors (Lipinski definition) is 2. The maximum Gasteiger partial charge on any atom is 0.196 e. The van der Waals surface area contributed by atoms with Crippen LogP contribution < -0.4 is 11.1 Å². The van der Waals surface area contributed by atoms with Crippen molar-refractivity contribution in [3.63, 3.8) is 0 Å². The number of ketones is 1. The number of benzene rings is 2. The van der Waals surface area contributed by atoms with Crippen molar-refractivity contribution in [2.45, 2.75) is 0 Å². The molecule has 0 unspecified atom stereocenters. The number of hydrogen-bond acceptors (Lipinski definition) is 4. The number of para-hydroxylation sites is 1. The lowest BCUT2D eigenvalue weighted by Crippen LogP contribution is -2.07. The number of nitrogens with zero attached hydrogens (tertiary/aromatic N) is 1. The number of rotatable bonds is 4. The number of aromatic nitrogens is 1. The van der Waals surface area contributed by atoms with E-state index in [1.807, 2.05) is 36.4 Å². The molecule has 3 aromatic rings. The van der Waals surface area contributed by atoms with Crippen LogP contribution in [0.1, 0.15) is 15.9 Å². The Labute approximate surface area is 142 Å². The summed E-state index contributed by atoms with van der Waals surface area (Å²) >= 11 is 3.42. The summed E-state index contributed by atoms with van der Waals surface area (Å²) in [4.78, 5) is 17.0. The molecule has 0 aliphatic heterocycles. The lowest BCUT2D eigenvalue weighted by Gasteiger charge is -2.12. The van der Waals surface area contributed by atoms with E-state index in [0.717, 1.165) is 4.47 Å². The average molecular weight is 368 g/mol. The van der Waals surface area contributed by atoms with Crippen LogP contribution in [0.2, 0.25) is 0 Å². The van der Waals surface area contributed by atoms with Crippen LogP contribution in [0.5, 0.6) is 0 Å². The predicted molar refractivity (Wildman–Crippen MR) is 95.9 cm³/mol. The molecule has 3 N–H and O–H groups in total. The van der Waals surface area contributed by atoms with E-state index in [0.29, 0.717) is 28.3 Å². The van der Waals surface area contributed by atoms with E-state index >= 15 is 0 Å². The molecule has 0 saturated carbocycles. The van der Waals surface area contributed by atoms with Gasteiger partial charge < -0.3 is 11.1 Å². The summed E-state index contributed by atoms with van der Waals surface area (Å²) in [5.74, 6) is 0.454. The lowest BCUT2D eigenvalue weighted by molar-refractivity contribution is 0.103. The number of halogens is 1. The summed E-state index contributed by atoms with van der Waals surface area (Å²) in [7, 11) is 0. The molecule has 0 atom stereocenters. The number of carbonyl (C=O) groups excluding carboxylic acids is 1. The van der Waals surface area contributed by atoms with Gasteiger partial charge in [-0.05, 0) is 36.4 Å². The van der Waals surface area contributed by atoms with Crippen LogP contribution in [0, 0.1) is 0 Å². The Morgan fingerprint density at radius 2 is 1.65 bits per heavy atom. The molecule has 0 fully saturated rings. The molecule has 5 heteroatoms. The summed E-state index contributed by atoms with van der Waals surface area (Å²) in [6, 6.07) is 18.2. The van der Waals surface area contributed by atoms with Gasteiger partial charge in [-0.15, -0.1) is 0 Å². The molecule has 23 heavy (non-hydrogen) atoms. The third-order valence-corrected chi connectivity index (χ3v) is 4.07. The zero-order valence-electron chi connectivity index (χ0n) is 12.2. The Morgan fingerprint density at radius 3 is 2.39 bits per heavy atom. The maximum atomic E-state index is 12.8. The smallest absolute Gasteiger partial charge is 0.196 e. The first-order valence-corrected chi connectivity index (χ1v) is 7.82. The normalized spacial score (nSPS) is 10.3. The summed E-state index contributed by atoms with van der Waals surface area (Å²) in [6.07, 6.45) is 1.65. The first kappa shape index (κ1) is 15.2. The SMILES string of the molecule is Nc1cccnc1Nc1ccccc1C(=O)c1ccccc1Br. The van der Waals surface area contributed by atoms with E-state index in [-0.39, 0.29) is 5.78 Å². The van der Waals surface area contributed by atoms with Gasteiger partial charge in [-0.3, -0.25) is 4.79 Å². The zero-order valence-corrected chi connectivity index (χ0v) is 13.7. The van der Waals surface area contributed by atoms with Crippen LogP contribution in [0.15, 0.2) is 71.3 Å². The van der Waals surface area contributed by atoms with Crippen LogP contribution in [0.4, 0.5) is 17.2 Å². The molecule has 2 aromatic carbocycles. The molecular formula is C18H14BrN3O. The van der Waals surface area contributed by atoms with Crippen molar-refractivity contribution in [2.75, 3.05) is 11.1 Å². The second-order valence-electron chi connectivity index (χ2n) is 4.92. The van der Waals surface area contributed by atoms with E-state index in [9.17, 15) is 4.79 Å². The summed E-state index contributed by atoms with van der Waals surface area (Å²) in [5.41, 5.74) is 8.27. The average Bonchev–Trinajstić information content (AvgIpc) is 2.57. The van der Waals surface area contributed by atoms with E-state index in [1.165, 1.54) is 0 Å². The lowest BCUT2D eigenvalue weighted by atomic mass is 10.0. The molecule has 0 saturated heterocycles. The van der Waals surface area contributed by atoms with Gasteiger partial charge in [-0.25, -0.2) is 4.98 Å². The van der Waals surface area contributed by atoms with Crippen molar-refractivity contribution in [1.29, 1.82) is 0 Å². The molecule has 0 aliphatic carbocycles. The first-order chi connectivity index (χ1) is 11.2. The second kappa shape index (κ2) is 6.62. The summed E-state index contributed by atoms with van der Waals surface area (Å²) < 4.78 is 0.761. The minimum absolute atomic E-state index is 0.0740. The van der Waals surface area contributed by atoms with Crippen molar-refractivity contribution in [3.05, 3.63) is 82.5 Å². The highest BCUT2D eigenvalue weighted by Gasteiger charge is 2.16. The highest BCUT2D eigenvalue weighted by atomic mass is 79.9. The van der Waals surface area contributed by atoms with Gasteiger partial charge in [0.2, 0.25) is 0 Å². The van der Waals surface area contributed by atoms with Gasteiger partial charge >= 0.3 is 0 Å². The fourth-order valence-electron chi connectivity index (χ4n) is 2.23. The molecule has 0 aliphatic rings. The van der Waals surface area contributed by atoms with Crippen LogP contribution in [0.3, 0.4) is 0 Å². The minimum atomic E-state index is -0.0740. The number of nitrogen functional groups attached to an aromatic ring is 1. The second-order valence-corrected chi connectivity index (χ2v) is 5.78. The highest BCUT2D eigenvalue weighted by molar-refractivity contribution is 9.10. The number of nitrogens with two attached hydrogens (primary N) is 1. The monoisotopic (exact) mass is 367 g/mol. The molecule has 1 heterocycles. The Balaban J connectivity index is 2.00. The third kappa shape index (κ3) is 3.24. The van der Waals surface area contributed by atoms with E-state index in [4.69, 9.17) is 5.73 Å². The quantitative estimate of drug-likeness (QED) is 0.670. The van der Waals surface area contributed by atoms with Crippen molar-refractivity contribution in [1.82, 2.24) is 4.98 Å². The van der Waals surface area contributed by atoms with Gasteiger partial charge in [0.25, 0.3) is 0 Å². The Bertz CT molecular complexity index is 864. The predicted octanol–water partition coefficient (Wildman–Crippen LogP) is 4.40. The highest BCUT2D eigenvalue weighted by Crippen LogP contribution is 2.27. The van der Waals surface area contributed by atoms with Gasteiger partial charge in [-0.2, -0.15) is 0 Å². The third-order valence-electron chi connectivity index (χ3n) is 3.38. The van der Waals surface area contributed by atoms with Crippen molar-refractivity contribution in [2.24, 2.45) is 0 Å². The van der Waals surface area contributed by atoms with Crippen LogP contribution >= 0.6 is 15.9 Å². The molecule has 4 nitrogen and oxygen atoms in total. The fourth-order valence-corrected chi connectivity index (χ4v) is 2.70. The molecule has 0 radical (unpaired) electrons. The number of anilines is 3. The van der Waals surface area contributed by atoms with Gasteiger partial charge in [0, 0.05) is 21.8 Å². The molecule has 0 spiro atoms. The van der Waals surface area contributed by atoms with Crippen molar-refractivity contribution < 1.29 is 4.79 Å². The van der Waals surface area contributed by atoms with Crippen molar-refractivity contribution >= 4 is 38.9 Å². The minimum Gasteiger partial charge on any atom is -0.396 e. The topological polar surface area (TPSA) is 68.0 Å². The Kier molecular flexibility index (Phi) is 4.39. The summed E-state index contributed by atoms with van der Waals surface area (Å²) in [6.45, 7) is 0. The largest absolute Gasteiger partial charge is 0.396 e. The first-order valence-electron chi connectivity index (χ1n) is 7.02. The van der Waals surface area contributed by atoms with Crippen LogP contribution in [0.25, 0.3) is 0 Å². The number of nitrogens with one attached hydrogen (secondary N) is 1. The number of pyridine rings is 1. The molecule has 114 valence electrons. The van der Waals surface area contributed by atoms with Gasteiger partial charge in [0.1, 0.15) is 0 Å². The fraction of sp³-hybridized carbons (Fsp3) is 0. The van der Waals surface area contributed by atoms with Gasteiger partial charge in [-0.1, -0.05) is 40.2 Å². The van der Waals surface area contributed by atoms with Crippen LogP contribution in [-0.2, 0) is 0 Å². The molecule has 1 aromatic heterocycles. The zero-order chi connectivity index (χ0) is 16.2. The van der Waals surface area contributed by atoms with Gasteiger partial charge in [0.15, 0.2) is 11.6 Å². The Morgan fingerprint density at radius 1 is 0.957 bits per heavy atom. The van der Waals surface area contributed by atoms with E-state index < -0.39 is 0 Å².